The molecule has 122 valence electrons. The minimum absolute atomic E-state index is 0.145. The lowest BCUT2D eigenvalue weighted by atomic mass is 10.2. The summed E-state index contributed by atoms with van der Waals surface area (Å²) in [6.07, 6.45) is 3.20. The predicted octanol–water partition coefficient (Wildman–Crippen LogP) is 4.45. The summed E-state index contributed by atoms with van der Waals surface area (Å²) in [5, 5.41) is 3.08. The van der Waals surface area contributed by atoms with Gasteiger partial charge in [-0.25, -0.2) is 14.7 Å². The van der Waals surface area contributed by atoms with Gasteiger partial charge in [0.2, 0.25) is 0 Å². The molecule has 0 fully saturated rings. The highest BCUT2D eigenvalue weighted by Gasteiger charge is 2.11. The van der Waals surface area contributed by atoms with Gasteiger partial charge in [-0.2, -0.15) is 0 Å². The van der Waals surface area contributed by atoms with Gasteiger partial charge in [0, 0.05) is 22.6 Å². The molecule has 0 aliphatic carbocycles. The van der Waals surface area contributed by atoms with E-state index in [9.17, 15) is 4.79 Å². The van der Waals surface area contributed by atoms with E-state index in [1.165, 1.54) is 4.68 Å². The maximum absolute atomic E-state index is 12.6. The van der Waals surface area contributed by atoms with Crippen LogP contribution in [-0.4, -0.2) is 21.0 Å². The highest BCUT2D eigenvalue weighted by Crippen LogP contribution is 2.25. The van der Waals surface area contributed by atoms with Crippen molar-refractivity contribution in [1.29, 1.82) is 0 Å². The predicted molar refractivity (Wildman–Crippen MR) is 103 cm³/mol. The highest BCUT2D eigenvalue weighted by molar-refractivity contribution is 9.11. The van der Waals surface area contributed by atoms with E-state index >= 15 is 0 Å². The van der Waals surface area contributed by atoms with Crippen LogP contribution in [0.3, 0.4) is 0 Å². The molecule has 0 saturated carbocycles. The van der Waals surface area contributed by atoms with E-state index in [2.05, 4.69) is 46.9 Å². The van der Waals surface area contributed by atoms with Gasteiger partial charge in [-0.15, -0.1) is 0 Å². The minimum atomic E-state index is -0.145. The molecule has 0 bridgehead atoms. The molecule has 0 amide bonds. The van der Waals surface area contributed by atoms with Crippen LogP contribution in [0.15, 0.2) is 55.3 Å². The molecule has 3 rings (SSSR count). The standard InChI is InChI=1S/C17H14Br2N4O/c1-10-3-5-13(6-4-10)23-17(24)14(11(2)22-23)9-21-16-15(19)7-12(18)8-20-16/h3-9,22H,1-2H3/b21-9+. The Labute approximate surface area is 155 Å². The Morgan fingerprint density at radius 3 is 2.58 bits per heavy atom. The lowest BCUT2D eigenvalue weighted by Gasteiger charge is -2.01. The fraction of sp³-hybridized carbons (Fsp3) is 0.118. The summed E-state index contributed by atoms with van der Waals surface area (Å²) < 4.78 is 3.12. The van der Waals surface area contributed by atoms with Crippen molar-refractivity contribution in [3.8, 4) is 5.69 Å². The van der Waals surface area contributed by atoms with Crippen molar-refractivity contribution in [1.82, 2.24) is 14.8 Å². The van der Waals surface area contributed by atoms with Crippen LogP contribution in [0.5, 0.6) is 0 Å². The third-order valence-corrected chi connectivity index (χ3v) is 4.53. The fourth-order valence-electron chi connectivity index (χ4n) is 2.22. The fourth-order valence-corrected chi connectivity index (χ4v) is 3.31. The molecule has 2 heterocycles. The molecule has 1 N–H and O–H groups in total. The molecular weight excluding hydrogens is 436 g/mol. The van der Waals surface area contributed by atoms with Crippen LogP contribution in [0, 0.1) is 13.8 Å². The number of aromatic amines is 1. The first-order valence-corrected chi connectivity index (χ1v) is 8.78. The average molecular weight is 450 g/mol. The SMILES string of the molecule is Cc1ccc(-n2[nH]c(C)c(/C=N/c3ncc(Br)cc3Br)c2=O)cc1. The molecule has 0 aliphatic heterocycles. The first-order valence-electron chi connectivity index (χ1n) is 7.19. The van der Waals surface area contributed by atoms with Crippen molar-refractivity contribution in [3.63, 3.8) is 0 Å². The van der Waals surface area contributed by atoms with E-state index in [4.69, 9.17) is 0 Å². The zero-order valence-corrected chi connectivity index (χ0v) is 16.2. The Morgan fingerprint density at radius 2 is 1.92 bits per heavy atom. The van der Waals surface area contributed by atoms with Gasteiger partial charge in [-0.05, 0) is 63.9 Å². The lowest BCUT2D eigenvalue weighted by Crippen LogP contribution is -2.17. The summed E-state index contributed by atoms with van der Waals surface area (Å²) in [6.45, 7) is 3.85. The zero-order valence-electron chi connectivity index (χ0n) is 13.0. The third kappa shape index (κ3) is 3.42. The highest BCUT2D eigenvalue weighted by atomic mass is 79.9. The number of aliphatic imine (C=N–C) groups is 1. The quantitative estimate of drug-likeness (QED) is 0.600. The second kappa shape index (κ2) is 6.86. The number of halogens is 2. The summed E-state index contributed by atoms with van der Waals surface area (Å²) in [5.74, 6) is 0.514. The van der Waals surface area contributed by atoms with Crippen LogP contribution >= 0.6 is 31.9 Å². The summed E-state index contributed by atoms with van der Waals surface area (Å²) in [5.41, 5.74) is 3.04. The monoisotopic (exact) mass is 448 g/mol. The van der Waals surface area contributed by atoms with Crippen LogP contribution < -0.4 is 5.56 Å². The smallest absolute Gasteiger partial charge is 0.280 e. The van der Waals surface area contributed by atoms with E-state index < -0.39 is 0 Å². The molecule has 0 spiro atoms. The summed E-state index contributed by atoms with van der Waals surface area (Å²) in [4.78, 5) is 21.2. The Hall–Kier alpha value is -1.99. The molecule has 24 heavy (non-hydrogen) atoms. The number of benzene rings is 1. The van der Waals surface area contributed by atoms with E-state index in [-0.39, 0.29) is 5.56 Å². The number of H-pyrrole nitrogens is 1. The molecular formula is C17H14Br2N4O. The molecule has 0 aliphatic rings. The Kier molecular flexibility index (Phi) is 4.82. The number of hydrogen-bond acceptors (Lipinski definition) is 3. The lowest BCUT2D eigenvalue weighted by molar-refractivity contribution is 0.835. The minimum Gasteiger partial charge on any atom is -0.295 e. The second-order valence-corrected chi connectivity index (χ2v) is 7.11. The molecule has 0 radical (unpaired) electrons. The van der Waals surface area contributed by atoms with Gasteiger partial charge in [-0.3, -0.25) is 9.89 Å². The molecule has 2 aromatic heterocycles. The van der Waals surface area contributed by atoms with Crippen molar-refractivity contribution < 1.29 is 0 Å². The van der Waals surface area contributed by atoms with Crippen LogP contribution in [0.2, 0.25) is 0 Å². The first kappa shape index (κ1) is 16.9. The molecule has 7 heteroatoms. The van der Waals surface area contributed by atoms with Gasteiger partial charge in [0.15, 0.2) is 5.82 Å². The van der Waals surface area contributed by atoms with Gasteiger partial charge < -0.3 is 0 Å². The second-order valence-electron chi connectivity index (χ2n) is 5.34. The Balaban J connectivity index is 1.99. The molecule has 1 aromatic carbocycles. The normalized spacial score (nSPS) is 11.3. The van der Waals surface area contributed by atoms with Crippen molar-refractivity contribution in [2.75, 3.05) is 0 Å². The number of hydrogen-bond donors (Lipinski definition) is 1. The summed E-state index contributed by atoms with van der Waals surface area (Å²) in [7, 11) is 0. The number of aromatic nitrogens is 3. The zero-order chi connectivity index (χ0) is 17.3. The van der Waals surface area contributed by atoms with E-state index in [0.29, 0.717) is 11.4 Å². The van der Waals surface area contributed by atoms with Crippen molar-refractivity contribution in [3.05, 3.63) is 72.6 Å². The topological polar surface area (TPSA) is 63.0 Å². The van der Waals surface area contributed by atoms with Gasteiger partial charge in [0.1, 0.15) is 0 Å². The Morgan fingerprint density at radius 1 is 1.21 bits per heavy atom. The molecule has 0 unspecified atom stereocenters. The maximum atomic E-state index is 12.6. The first-order chi connectivity index (χ1) is 11.5. The van der Waals surface area contributed by atoms with E-state index in [1.807, 2.05) is 44.2 Å². The van der Waals surface area contributed by atoms with Crippen LogP contribution in [0.4, 0.5) is 5.82 Å². The van der Waals surface area contributed by atoms with Gasteiger partial charge in [0.05, 0.1) is 15.7 Å². The summed E-state index contributed by atoms with van der Waals surface area (Å²) in [6, 6.07) is 9.60. The molecule has 5 nitrogen and oxygen atoms in total. The largest absolute Gasteiger partial charge is 0.295 e. The number of nitrogens with one attached hydrogen (secondary N) is 1. The number of nitrogens with zero attached hydrogens (tertiary/aromatic N) is 3. The van der Waals surface area contributed by atoms with Gasteiger partial charge in [-0.1, -0.05) is 17.7 Å². The molecule has 3 aromatic rings. The van der Waals surface area contributed by atoms with Crippen molar-refractivity contribution in [2.45, 2.75) is 13.8 Å². The van der Waals surface area contributed by atoms with Crippen LogP contribution in [0.1, 0.15) is 16.8 Å². The van der Waals surface area contributed by atoms with E-state index in [0.717, 1.165) is 25.9 Å². The van der Waals surface area contributed by atoms with Crippen molar-refractivity contribution >= 4 is 43.9 Å². The average Bonchev–Trinajstić information content (AvgIpc) is 2.82. The Bertz CT molecular complexity index is 971. The molecule has 0 atom stereocenters. The number of aryl methyl sites for hydroxylation is 2. The number of rotatable bonds is 3. The van der Waals surface area contributed by atoms with Crippen molar-refractivity contribution in [2.24, 2.45) is 4.99 Å². The molecule has 0 saturated heterocycles. The van der Waals surface area contributed by atoms with E-state index in [1.54, 1.807) is 12.4 Å². The van der Waals surface area contributed by atoms with Gasteiger partial charge in [0.25, 0.3) is 5.56 Å². The van der Waals surface area contributed by atoms with Crippen LogP contribution in [0.25, 0.3) is 5.69 Å². The van der Waals surface area contributed by atoms with Crippen LogP contribution in [-0.2, 0) is 0 Å². The number of pyridine rings is 1. The van der Waals surface area contributed by atoms with Gasteiger partial charge >= 0.3 is 0 Å². The third-order valence-electron chi connectivity index (χ3n) is 3.51. The maximum Gasteiger partial charge on any atom is 0.280 e. The summed E-state index contributed by atoms with van der Waals surface area (Å²) >= 11 is 6.76.